The summed E-state index contributed by atoms with van der Waals surface area (Å²) >= 11 is 0. The molecule has 1 saturated heterocycles. The number of aromatic nitrogens is 5. The maximum atomic E-state index is 9.55. The number of anilines is 3. The van der Waals surface area contributed by atoms with Crippen LogP contribution >= 0.6 is 0 Å². The van der Waals surface area contributed by atoms with Gasteiger partial charge < -0.3 is 30.7 Å². The second kappa shape index (κ2) is 11.2. The number of aliphatic carboxylic acids is 2. The molecule has 0 aliphatic carbocycles. The molecule has 1 aliphatic heterocycles. The first-order valence-electron chi connectivity index (χ1n) is 11.7. The molecule has 0 unspecified atom stereocenters. The number of rotatable bonds is 6. The molecule has 0 aromatic carbocycles. The van der Waals surface area contributed by atoms with E-state index < -0.39 is 11.9 Å². The molecule has 4 heterocycles. The number of piperazine rings is 1. The van der Waals surface area contributed by atoms with Crippen LogP contribution in [0.4, 0.5) is 17.6 Å². The lowest BCUT2D eigenvalue weighted by Crippen LogP contribution is -2.53. The van der Waals surface area contributed by atoms with Gasteiger partial charge in [0.1, 0.15) is 11.5 Å². The molecule has 194 valence electrons. The Morgan fingerprint density at radius 2 is 1.89 bits per heavy atom. The molecular formula is C24H34N8O4. The highest BCUT2D eigenvalue weighted by Crippen LogP contribution is 2.28. The summed E-state index contributed by atoms with van der Waals surface area (Å²) in [5.41, 5.74) is 1.93. The Bertz CT molecular complexity index is 1210. The molecular weight excluding hydrogens is 464 g/mol. The van der Waals surface area contributed by atoms with Gasteiger partial charge in [-0.2, -0.15) is 15.1 Å². The molecule has 1 aliphatic rings. The van der Waals surface area contributed by atoms with Crippen molar-refractivity contribution in [2.24, 2.45) is 5.92 Å². The fraction of sp³-hybridized carbons (Fsp3) is 0.458. The Hall–Kier alpha value is -3.93. The predicted molar refractivity (Wildman–Crippen MR) is 138 cm³/mol. The van der Waals surface area contributed by atoms with Gasteiger partial charge in [-0.3, -0.25) is 5.10 Å². The summed E-state index contributed by atoms with van der Waals surface area (Å²) in [6, 6.07) is 4.47. The zero-order chi connectivity index (χ0) is 26.5. The monoisotopic (exact) mass is 498 g/mol. The fourth-order valence-corrected chi connectivity index (χ4v) is 3.61. The molecule has 0 spiro atoms. The number of H-pyrrole nitrogens is 2. The van der Waals surface area contributed by atoms with Gasteiger partial charge >= 0.3 is 11.9 Å². The lowest BCUT2D eigenvalue weighted by Gasteiger charge is -2.35. The van der Waals surface area contributed by atoms with E-state index in [2.05, 4.69) is 65.3 Å². The van der Waals surface area contributed by atoms with Gasteiger partial charge in [-0.05, 0) is 12.0 Å². The van der Waals surface area contributed by atoms with Crippen LogP contribution in [-0.2, 0) is 15.0 Å². The maximum absolute atomic E-state index is 9.55. The maximum Gasteiger partial charge on any atom is 0.328 e. The number of carboxylic acid groups (broad SMARTS) is 2. The van der Waals surface area contributed by atoms with Crippen LogP contribution in [-0.4, -0.2) is 73.0 Å². The van der Waals surface area contributed by atoms with E-state index in [9.17, 15) is 9.59 Å². The van der Waals surface area contributed by atoms with Crippen molar-refractivity contribution in [3.63, 3.8) is 0 Å². The van der Waals surface area contributed by atoms with Gasteiger partial charge in [-0.15, -0.1) is 0 Å². The van der Waals surface area contributed by atoms with Gasteiger partial charge in [-0.25, -0.2) is 9.59 Å². The third-order valence-corrected chi connectivity index (χ3v) is 5.70. The highest BCUT2D eigenvalue weighted by molar-refractivity contribution is 5.90. The summed E-state index contributed by atoms with van der Waals surface area (Å²) in [4.78, 5) is 34.2. The lowest BCUT2D eigenvalue weighted by molar-refractivity contribution is -0.134. The van der Waals surface area contributed by atoms with Crippen LogP contribution in [0.25, 0.3) is 11.0 Å². The van der Waals surface area contributed by atoms with Gasteiger partial charge in [0, 0.05) is 61.2 Å². The van der Waals surface area contributed by atoms with Crippen molar-refractivity contribution in [1.29, 1.82) is 0 Å². The first-order chi connectivity index (χ1) is 16.9. The van der Waals surface area contributed by atoms with Gasteiger partial charge in [0.25, 0.3) is 0 Å². The summed E-state index contributed by atoms with van der Waals surface area (Å²) < 4.78 is 0. The summed E-state index contributed by atoms with van der Waals surface area (Å²) in [6.07, 6.45) is 3.01. The summed E-state index contributed by atoms with van der Waals surface area (Å²) in [6.45, 7) is 13.7. The van der Waals surface area contributed by atoms with E-state index in [1.807, 2.05) is 18.3 Å². The lowest BCUT2D eigenvalue weighted by atomic mass is 9.92. The van der Waals surface area contributed by atoms with E-state index in [1.165, 1.54) is 0 Å². The van der Waals surface area contributed by atoms with Gasteiger partial charge in [0.15, 0.2) is 5.82 Å². The minimum atomic E-state index is -1.26. The number of carbonyl (C=O) groups is 2. The molecule has 12 heteroatoms. The molecule has 12 nitrogen and oxygen atoms in total. The third kappa shape index (κ3) is 7.04. The van der Waals surface area contributed by atoms with Crippen molar-refractivity contribution in [1.82, 2.24) is 30.5 Å². The predicted octanol–water partition coefficient (Wildman–Crippen LogP) is 2.87. The molecule has 0 amide bonds. The normalized spacial score (nSPS) is 16.3. The van der Waals surface area contributed by atoms with Crippen LogP contribution in [0.3, 0.4) is 0 Å². The number of aromatic amines is 2. The molecule has 0 bridgehead atoms. The highest BCUT2D eigenvalue weighted by atomic mass is 16.4. The minimum absolute atomic E-state index is 0.0137. The number of hydrogen-bond donors (Lipinski definition) is 6. The Morgan fingerprint density at radius 3 is 2.47 bits per heavy atom. The zero-order valence-electron chi connectivity index (χ0n) is 21.2. The average molecular weight is 499 g/mol. The van der Waals surface area contributed by atoms with Crippen LogP contribution in [0.5, 0.6) is 0 Å². The van der Waals surface area contributed by atoms with E-state index in [1.54, 1.807) is 0 Å². The molecule has 1 fully saturated rings. The largest absolute Gasteiger partial charge is 0.478 e. The minimum Gasteiger partial charge on any atom is -0.478 e. The smallest absolute Gasteiger partial charge is 0.328 e. The van der Waals surface area contributed by atoms with Gasteiger partial charge in [0.2, 0.25) is 5.95 Å². The second-order valence-corrected chi connectivity index (χ2v) is 9.91. The van der Waals surface area contributed by atoms with E-state index in [-0.39, 0.29) is 5.41 Å². The van der Waals surface area contributed by atoms with Crippen molar-refractivity contribution in [2.45, 2.75) is 46.1 Å². The Morgan fingerprint density at radius 1 is 1.19 bits per heavy atom. The van der Waals surface area contributed by atoms with E-state index >= 15 is 0 Å². The topological polar surface area (TPSA) is 172 Å². The average Bonchev–Trinajstić information content (AvgIpc) is 3.48. The van der Waals surface area contributed by atoms with E-state index in [0.717, 1.165) is 53.9 Å². The van der Waals surface area contributed by atoms with E-state index in [4.69, 9.17) is 20.2 Å². The Labute approximate surface area is 209 Å². The molecule has 0 radical (unpaired) electrons. The van der Waals surface area contributed by atoms with Crippen LogP contribution < -0.4 is 15.5 Å². The number of hydrogen-bond acceptors (Lipinski definition) is 8. The number of nitrogens with zero attached hydrogens (tertiary/aromatic N) is 4. The molecule has 1 atom stereocenters. The van der Waals surface area contributed by atoms with Crippen molar-refractivity contribution < 1.29 is 19.8 Å². The Kier molecular flexibility index (Phi) is 8.30. The molecule has 3 aromatic rings. The third-order valence-electron chi connectivity index (χ3n) is 5.70. The summed E-state index contributed by atoms with van der Waals surface area (Å²) in [5.74, 6) is 0.329. The molecule has 4 rings (SSSR count). The molecule has 6 N–H and O–H groups in total. The van der Waals surface area contributed by atoms with E-state index in [0.29, 0.717) is 24.1 Å². The van der Waals surface area contributed by atoms with Crippen LogP contribution in [0, 0.1) is 5.92 Å². The van der Waals surface area contributed by atoms with Gasteiger partial charge in [-0.1, -0.05) is 34.6 Å². The molecule has 36 heavy (non-hydrogen) atoms. The van der Waals surface area contributed by atoms with Crippen molar-refractivity contribution in [3.05, 3.63) is 36.2 Å². The first-order valence-corrected chi connectivity index (χ1v) is 11.7. The fourth-order valence-electron chi connectivity index (χ4n) is 3.61. The van der Waals surface area contributed by atoms with Gasteiger partial charge in [0.05, 0.1) is 5.39 Å². The summed E-state index contributed by atoms with van der Waals surface area (Å²) in [5, 5.41) is 31.1. The van der Waals surface area contributed by atoms with Crippen LogP contribution in [0.2, 0.25) is 0 Å². The quantitative estimate of drug-likeness (QED) is 0.277. The number of nitrogens with one attached hydrogen (secondary N) is 4. The van der Waals surface area contributed by atoms with Crippen LogP contribution in [0.15, 0.2) is 30.5 Å². The van der Waals surface area contributed by atoms with Crippen molar-refractivity contribution in [2.75, 3.05) is 29.9 Å². The number of fused-ring (bicyclic) bond motifs is 1. The highest BCUT2D eigenvalue weighted by Gasteiger charge is 2.25. The number of carboxylic acids is 2. The Balaban J connectivity index is 0.000000392. The first kappa shape index (κ1) is 26.7. The SMILES string of the molecule is CC(C)[C@@H]1CN(c2nc(Nc3cc(C(C)(C)C)[nH]n3)c3cc[nH]c3n2)CCN1.O=C(O)/C=C\C(=O)O. The molecule has 0 saturated carbocycles. The summed E-state index contributed by atoms with van der Waals surface area (Å²) in [7, 11) is 0. The second-order valence-electron chi connectivity index (χ2n) is 9.91. The zero-order valence-corrected chi connectivity index (χ0v) is 21.2. The van der Waals surface area contributed by atoms with Crippen LogP contribution in [0.1, 0.15) is 40.3 Å². The standard InChI is InChI=1S/C20H30N8.C4H4O4/c1-12(2)14-11-28(9-8-21-14)19-24-17-13(6-7-22-17)18(25-19)23-16-10-15(26-27-16)20(3,4)5;5-3(6)1-2-4(7)8/h6-7,10,12,14,21H,8-9,11H2,1-5H3,(H3,22,23,24,25,26,27);1-2H,(H,5,6)(H,7,8)/b;2-1-/t14-;/m0./s1. The van der Waals surface area contributed by atoms with Crippen molar-refractivity contribution in [3.8, 4) is 0 Å². The van der Waals surface area contributed by atoms with Crippen molar-refractivity contribution >= 4 is 40.6 Å². The molecule has 3 aromatic heterocycles.